The average molecular weight is 474 g/mol. The highest BCUT2D eigenvalue weighted by molar-refractivity contribution is 7.92. The Balaban J connectivity index is 1.78. The number of nitrogens with one attached hydrogen (secondary N) is 3. The van der Waals surface area contributed by atoms with Crippen LogP contribution < -0.4 is 15.4 Å². The number of benzene rings is 3. The first-order valence-electron chi connectivity index (χ1n) is 9.77. The standard InChI is InChI=1S/C23H21F2N3O4S/c1-14-3-8-17(9-4-14)28-33(31,32)18-10-5-15(6-11-18)22(29)27-21(23(30)26-2)16-7-12-19(24)20(25)13-16/h3-13,21,28H,1-2H3,(H,26,30)(H,27,29). The lowest BCUT2D eigenvalue weighted by atomic mass is 10.0. The number of carbonyl (C=O) groups is 2. The van der Waals surface area contributed by atoms with Crippen molar-refractivity contribution >= 4 is 27.5 Å². The molecule has 3 N–H and O–H groups in total. The van der Waals surface area contributed by atoms with Gasteiger partial charge in [-0.3, -0.25) is 14.3 Å². The summed E-state index contributed by atoms with van der Waals surface area (Å²) in [5.41, 5.74) is 1.48. The van der Waals surface area contributed by atoms with Crippen molar-refractivity contribution in [2.24, 2.45) is 0 Å². The number of hydrogen-bond donors (Lipinski definition) is 3. The van der Waals surface area contributed by atoms with E-state index in [1.54, 1.807) is 24.3 Å². The van der Waals surface area contributed by atoms with E-state index in [9.17, 15) is 26.8 Å². The van der Waals surface area contributed by atoms with Crippen LogP contribution in [0.3, 0.4) is 0 Å². The third-order valence-electron chi connectivity index (χ3n) is 4.79. The molecule has 172 valence electrons. The number of anilines is 1. The predicted octanol–water partition coefficient (Wildman–Crippen LogP) is 3.29. The van der Waals surface area contributed by atoms with E-state index in [-0.39, 0.29) is 16.0 Å². The van der Waals surface area contributed by atoms with Crippen molar-refractivity contribution in [3.63, 3.8) is 0 Å². The summed E-state index contributed by atoms with van der Waals surface area (Å²) in [4.78, 5) is 24.8. The molecule has 3 aromatic rings. The van der Waals surface area contributed by atoms with Gasteiger partial charge in [-0.1, -0.05) is 23.8 Å². The van der Waals surface area contributed by atoms with Gasteiger partial charge in [-0.05, 0) is 61.0 Å². The van der Waals surface area contributed by atoms with Crippen LogP contribution in [-0.4, -0.2) is 27.3 Å². The van der Waals surface area contributed by atoms with Gasteiger partial charge in [0, 0.05) is 18.3 Å². The van der Waals surface area contributed by atoms with Crippen molar-refractivity contribution in [2.45, 2.75) is 17.9 Å². The summed E-state index contributed by atoms with van der Waals surface area (Å²) in [6.45, 7) is 1.88. The normalized spacial score (nSPS) is 12.0. The van der Waals surface area contributed by atoms with E-state index >= 15 is 0 Å². The third kappa shape index (κ3) is 5.72. The van der Waals surface area contributed by atoms with Gasteiger partial charge in [-0.2, -0.15) is 0 Å². The summed E-state index contributed by atoms with van der Waals surface area (Å²) in [6.07, 6.45) is 0. The molecule has 0 aliphatic carbocycles. The highest BCUT2D eigenvalue weighted by Gasteiger charge is 2.24. The molecular weight excluding hydrogens is 452 g/mol. The van der Waals surface area contributed by atoms with Gasteiger partial charge in [0.05, 0.1) is 4.90 Å². The van der Waals surface area contributed by atoms with Gasteiger partial charge in [-0.25, -0.2) is 17.2 Å². The van der Waals surface area contributed by atoms with Crippen LogP contribution in [0.1, 0.15) is 27.5 Å². The molecular formula is C23H21F2N3O4S. The minimum absolute atomic E-state index is 0.0445. The summed E-state index contributed by atoms with van der Waals surface area (Å²) in [5.74, 6) is -3.59. The third-order valence-corrected chi connectivity index (χ3v) is 6.19. The SMILES string of the molecule is CNC(=O)C(NC(=O)c1ccc(S(=O)(=O)Nc2ccc(C)cc2)cc1)c1ccc(F)c(F)c1. The Hall–Kier alpha value is -3.79. The summed E-state index contributed by atoms with van der Waals surface area (Å²) >= 11 is 0. The molecule has 2 amide bonds. The molecule has 7 nitrogen and oxygen atoms in total. The number of aryl methyl sites for hydroxylation is 1. The molecule has 0 aromatic heterocycles. The van der Waals surface area contributed by atoms with Crippen molar-refractivity contribution in [2.75, 3.05) is 11.8 Å². The molecule has 1 unspecified atom stereocenters. The number of sulfonamides is 1. The maximum atomic E-state index is 13.6. The molecule has 0 heterocycles. The molecule has 0 spiro atoms. The topological polar surface area (TPSA) is 104 Å². The summed E-state index contributed by atoms with van der Waals surface area (Å²) in [6, 6.07) is 13.4. The lowest BCUT2D eigenvalue weighted by Gasteiger charge is -2.18. The second-order valence-corrected chi connectivity index (χ2v) is 8.87. The lowest BCUT2D eigenvalue weighted by molar-refractivity contribution is -0.122. The Bertz CT molecular complexity index is 1280. The maximum Gasteiger partial charge on any atom is 0.261 e. The molecule has 0 fully saturated rings. The Kier molecular flexibility index (Phi) is 7.07. The molecule has 0 aliphatic heterocycles. The first-order valence-corrected chi connectivity index (χ1v) is 11.3. The van der Waals surface area contributed by atoms with E-state index in [4.69, 9.17) is 0 Å². The van der Waals surface area contributed by atoms with Gasteiger partial charge in [0.15, 0.2) is 11.6 Å². The molecule has 3 aromatic carbocycles. The van der Waals surface area contributed by atoms with Crippen LogP contribution in [0.15, 0.2) is 71.6 Å². The molecule has 0 saturated carbocycles. The fourth-order valence-electron chi connectivity index (χ4n) is 2.97. The Morgan fingerprint density at radius 2 is 1.52 bits per heavy atom. The van der Waals surface area contributed by atoms with E-state index in [0.717, 1.165) is 17.7 Å². The number of likely N-dealkylation sites (N-methyl/N-ethyl adjacent to an activating group) is 1. The smallest absolute Gasteiger partial charge is 0.261 e. The van der Waals surface area contributed by atoms with Crippen LogP contribution in [-0.2, 0) is 14.8 Å². The van der Waals surface area contributed by atoms with Gasteiger partial charge in [0.2, 0.25) is 5.91 Å². The Labute approximate surface area is 189 Å². The molecule has 0 aliphatic rings. The number of rotatable bonds is 7. The summed E-state index contributed by atoms with van der Waals surface area (Å²) in [5, 5.41) is 4.80. The molecule has 0 saturated heterocycles. The second-order valence-electron chi connectivity index (χ2n) is 7.19. The zero-order valence-corrected chi connectivity index (χ0v) is 18.5. The van der Waals surface area contributed by atoms with Crippen LogP contribution >= 0.6 is 0 Å². The highest BCUT2D eigenvalue weighted by atomic mass is 32.2. The van der Waals surface area contributed by atoms with E-state index < -0.39 is 39.5 Å². The number of amides is 2. The van der Waals surface area contributed by atoms with Crippen LogP contribution in [0.2, 0.25) is 0 Å². The fourth-order valence-corrected chi connectivity index (χ4v) is 4.03. The first kappa shape index (κ1) is 23.9. The molecule has 0 bridgehead atoms. The monoisotopic (exact) mass is 473 g/mol. The molecule has 0 radical (unpaired) electrons. The van der Waals surface area contributed by atoms with Crippen molar-refractivity contribution in [1.29, 1.82) is 0 Å². The van der Waals surface area contributed by atoms with E-state index in [1.807, 2.05) is 6.92 Å². The number of hydrogen-bond acceptors (Lipinski definition) is 4. The van der Waals surface area contributed by atoms with Crippen molar-refractivity contribution < 1.29 is 26.8 Å². The fraction of sp³-hybridized carbons (Fsp3) is 0.130. The molecule has 10 heteroatoms. The molecule has 3 rings (SSSR count). The first-order chi connectivity index (χ1) is 15.6. The Morgan fingerprint density at radius 3 is 2.09 bits per heavy atom. The molecule has 1 atom stereocenters. The van der Waals surface area contributed by atoms with Gasteiger partial charge in [-0.15, -0.1) is 0 Å². The molecule has 33 heavy (non-hydrogen) atoms. The van der Waals surface area contributed by atoms with Gasteiger partial charge < -0.3 is 10.6 Å². The number of carbonyl (C=O) groups excluding carboxylic acids is 2. The van der Waals surface area contributed by atoms with Crippen LogP contribution in [0.4, 0.5) is 14.5 Å². The van der Waals surface area contributed by atoms with Gasteiger partial charge in [0.1, 0.15) is 6.04 Å². The summed E-state index contributed by atoms with van der Waals surface area (Å²) in [7, 11) is -2.55. The number of halogens is 2. The predicted molar refractivity (Wildman–Crippen MR) is 119 cm³/mol. The van der Waals surface area contributed by atoms with Gasteiger partial charge >= 0.3 is 0 Å². The second kappa shape index (κ2) is 9.78. The summed E-state index contributed by atoms with van der Waals surface area (Å²) < 4.78 is 54.5. The van der Waals surface area contributed by atoms with Crippen molar-refractivity contribution in [1.82, 2.24) is 10.6 Å². The minimum Gasteiger partial charge on any atom is -0.357 e. The quantitative estimate of drug-likeness (QED) is 0.490. The van der Waals surface area contributed by atoms with E-state index in [1.165, 1.54) is 37.4 Å². The van der Waals surface area contributed by atoms with Crippen LogP contribution in [0.5, 0.6) is 0 Å². The maximum absolute atomic E-state index is 13.6. The van der Waals surface area contributed by atoms with Crippen LogP contribution in [0, 0.1) is 18.6 Å². The van der Waals surface area contributed by atoms with Crippen molar-refractivity contribution in [3.8, 4) is 0 Å². The zero-order valence-electron chi connectivity index (χ0n) is 17.7. The highest BCUT2D eigenvalue weighted by Crippen LogP contribution is 2.20. The minimum atomic E-state index is -3.88. The lowest BCUT2D eigenvalue weighted by Crippen LogP contribution is -2.39. The van der Waals surface area contributed by atoms with Crippen molar-refractivity contribution in [3.05, 3.63) is 95.1 Å². The van der Waals surface area contributed by atoms with E-state index in [0.29, 0.717) is 5.69 Å². The van der Waals surface area contributed by atoms with Gasteiger partial charge in [0.25, 0.3) is 15.9 Å². The van der Waals surface area contributed by atoms with Crippen LogP contribution in [0.25, 0.3) is 0 Å². The zero-order chi connectivity index (χ0) is 24.2. The van der Waals surface area contributed by atoms with E-state index in [2.05, 4.69) is 15.4 Å². The largest absolute Gasteiger partial charge is 0.357 e. The Morgan fingerprint density at radius 1 is 0.879 bits per heavy atom. The average Bonchev–Trinajstić information content (AvgIpc) is 2.80.